The second-order valence-corrected chi connectivity index (χ2v) is 5.37. The number of aromatic nitrogens is 2. The Labute approximate surface area is 128 Å². The zero-order chi connectivity index (χ0) is 15.3. The number of aryl methyl sites for hydroxylation is 1. The molecular formula is C15H29N5O. The van der Waals surface area contributed by atoms with Crippen LogP contribution < -0.4 is 10.6 Å². The molecule has 120 valence electrons. The molecule has 0 aromatic carbocycles. The molecule has 0 fully saturated rings. The predicted octanol–water partition coefficient (Wildman–Crippen LogP) is 1.50. The van der Waals surface area contributed by atoms with E-state index in [4.69, 9.17) is 4.74 Å². The van der Waals surface area contributed by atoms with Crippen LogP contribution in [0.2, 0.25) is 0 Å². The minimum atomic E-state index is 0.599. The normalized spacial score (nSPS) is 11.9. The zero-order valence-electron chi connectivity index (χ0n) is 13.5. The molecule has 0 saturated heterocycles. The molecule has 6 nitrogen and oxygen atoms in total. The van der Waals surface area contributed by atoms with Gasteiger partial charge in [0.25, 0.3) is 0 Å². The molecule has 1 aromatic rings. The summed E-state index contributed by atoms with van der Waals surface area (Å²) in [6, 6.07) is 1.94. The molecule has 21 heavy (non-hydrogen) atoms. The van der Waals surface area contributed by atoms with Gasteiger partial charge in [0, 0.05) is 52.3 Å². The summed E-state index contributed by atoms with van der Waals surface area (Å²) in [5, 5.41) is 10.8. The molecule has 0 bridgehead atoms. The Morgan fingerprint density at radius 3 is 2.67 bits per heavy atom. The molecule has 1 rings (SSSR count). The number of nitrogens with zero attached hydrogens (tertiary/aromatic N) is 3. The predicted molar refractivity (Wildman–Crippen MR) is 86.5 cm³/mol. The lowest BCUT2D eigenvalue weighted by Gasteiger charge is -2.12. The van der Waals surface area contributed by atoms with Gasteiger partial charge in [-0.1, -0.05) is 13.8 Å². The Kier molecular flexibility index (Phi) is 9.28. The van der Waals surface area contributed by atoms with Gasteiger partial charge in [0.15, 0.2) is 5.96 Å². The molecule has 0 spiro atoms. The van der Waals surface area contributed by atoms with Crippen LogP contribution in [0.1, 0.15) is 26.7 Å². The van der Waals surface area contributed by atoms with Crippen LogP contribution >= 0.6 is 0 Å². The standard InChI is InChI=1S/C15H29N5O/c1-14(2)13-21-12-6-8-18-15(16-3)17-7-4-10-20-11-5-9-19-20/h5,9,11,14H,4,6-8,10,12-13H2,1-3H3,(H2,16,17,18). The fraction of sp³-hybridized carbons (Fsp3) is 0.733. The van der Waals surface area contributed by atoms with E-state index >= 15 is 0 Å². The molecule has 0 aliphatic heterocycles. The van der Waals surface area contributed by atoms with E-state index in [9.17, 15) is 0 Å². The number of aliphatic imine (C=N–C) groups is 1. The van der Waals surface area contributed by atoms with Crippen molar-refractivity contribution in [2.75, 3.05) is 33.4 Å². The van der Waals surface area contributed by atoms with Crippen LogP contribution in [0, 0.1) is 5.92 Å². The molecule has 0 aliphatic carbocycles. The first-order valence-electron chi connectivity index (χ1n) is 7.72. The maximum absolute atomic E-state index is 5.54. The first-order chi connectivity index (χ1) is 10.2. The molecule has 0 aliphatic rings. The molecule has 0 saturated carbocycles. The fourth-order valence-electron chi connectivity index (χ4n) is 1.80. The second-order valence-electron chi connectivity index (χ2n) is 5.37. The van der Waals surface area contributed by atoms with Crippen LogP contribution in [-0.2, 0) is 11.3 Å². The first kappa shape index (κ1) is 17.5. The van der Waals surface area contributed by atoms with E-state index in [0.29, 0.717) is 5.92 Å². The smallest absolute Gasteiger partial charge is 0.190 e. The summed E-state index contributed by atoms with van der Waals surface area (Å²) in [7, 11) is 1.79. The van der Waals surface area contributed by atoms with Gasteiger partial charge >= 0.3 is 0 Å². The summed E-state index contributed by atoms with van der Waals surface area (Å²) in [5.41, 5.74) is 0. The molecule has 0 radical (unpaired) electrons. The fourth-order valence-corrected chi connectivity index (χ4v) is 1.80. The molecule has 1 heterocycles. The maximum atomic E-state index is 5.54. The number of guanidine groups is 1. The molecule has 0 amide bonds. The van der Waals surface area contributed by atoms with Gasteiger partial charge < -0.3 is 15.4 Å². The SMILES string of the molecule is CN=C(NCCCOCC(C)C)NCCCn1cccn1. The molecule has 2 N–H and O–H groups in total. The van der Waals surface area contributed by atoms with Crippen molar-refractivity contribution >= 4 is 5.96 Å². The van der Waals surface area contributed by atoms with E-state index < -0.39 is 0 Å². The minimum absolute atomic E-state index is 0.599. The highest BCUT2D eigenvalue weighted by Crippen LogP contribution is 1.93. The number of nitrogens with one attached hydrogen (secondary N) is 2. The van der Waals surface area contributed by atoms with E-state index in [1.165, 1.54) is 0 Å². The van der Waals surface area contributed by atoms with Gasteiger partial charge in [-0.3, -0.25) is 9.67 Å². The third-order valence-corrected chi connectivity index (χ3v) is 2.85. The average molecular weight is 295 g/mol. The van der Waals surface area contributed by atoms with Crippen molar-refractivity contribution in [2.24, 2.45) is 10.9 Å². The number of hydrogen-bond acceptors (Lipinski definition) is 3. The zero-order valence-corrected chi connectivity index (χ0v) is 13.5. The Morgan fingerprint density at radius 1 is 1.29 bits per heavy atom. The van der Waals surface area contributed by atoms with Crippen molar-refractivity contribution < 1.29 is 4.74 Å². The Morgan fingerprint density at radius 2 is 2.05 bits per heavy atom. The third-order valence-electron chi connectivity index (χ3n) is 2.85. The van der Waals surface area contributed by atoms with Crippen molar-refractivity contribution in [3.05, 3.63) is 18.5 Å². The molecule has 6 heteroatoms. The van der Waals surface area contributed by atoms with Crippen LogP contribution in [0.25, 0.3) is 0 Å². The van der Waals surface area contributed by atoms with Crippen LogP contribution in [-0.4, -0.2) is 49.1 Å². The van der Waals surface area contributed by atoms with Crippen molar-refractivity contribution in [2.45, 2.75) is 33.2 Å². The number of hydrogen-bond donors (Lipinski definition) is 2. The summed E-state index contributed by atoms with van der Waals surface area (Å²) in [5.74, 6) is 1.45. The summed E-state index contributed by atoms with van der Waals surface area (Å²) >= 11 is 0. The summed E-state index contributed by atoms with van der Waals surface area (Å²) < 4.78 is 7.47. The topological polar surface area (TPSA) is 63.5 Å². The maximum Gasteiger partial charge on any atom is 0.190 e. The second kappa shape index (κ2) is 11.1. The van der Waals surface area contributed by atoms with Crippen molar-refractivity contribution in [1.82, 2.24) is 20.4 Å². The highest BCUT2D eigenvalue weighted by Gasteiger charge is 1.98. The summed E-state index contributed by atoms with van der Waals surface area (Å²) in [6.45, 7) is 8.61. The van der Waals surface area contributed by atoms with Gasteiger partial charge in [-0.25, -0.2) is 0 Å². The van der Waals surface area contributed by atoms with E-state index in [0.717, 1.165) is 51.6 Å². The van der Waals surface area contributed by atoms with Crippen LogP contribution in [0.4, 0.5) is 0 Å². The lowest BCUT2D eigenvalue weighted by Crippen LogP contribution is -2.38. The number of rotatable bonds is 10. The Hall–Kier alpha value is -1.56. The molecule has 0 unspecified atom stereocenters. The largest absolute Gasteiger partial charge is 0.381 e. The van der Waals surface area contributed by atoms with Gasteiger partial charge in [0.1, 0.15) is 0 Å². The highest BCUT2D eigenvalue weighted by atomic mass is 16.5. The van der Waals surface area contributed by atoms with E-state index in [1.54, 1.807) is 13.2 Å². The van der Waals surface area contributed by atoms with Gasteiger partial charge in [0.05, 0.1) is 0 Å². The Balaban J connectivity index is 1.99. The average Bonchev–Trinajstić information content (AvgIpc) is 2.97. The minimum Gasteiger partial charge on any atom is -0.381 e. The van der Waals surface area contributed by atoms with Gasteiger partial charge in [-0.2, -0.15) is 5.10 Å². The molecular weight excluding hydrogens is 266 g/mol. The van der Waals surface area contributed by atoms with E-state index in [2.05, 4.69) is 34.6 Å². The lowest BCUT2D eigenvalue weighted by molar-refractivity contribution is 0.108. The lowest BCUT2D eigenvalue weighted by atomic mass is 10.2. The Bertz CT molecular complexity index is 375. The van der Waals surface area contributed by atoms with Crippen molar-refractivity contribution in [1.29, 1.82) is 0 Å². The van der Waals surface area contributed by atoms with Crippen LogP contribution in [0.3, 0.4) is 0 Å². The van der Waals surface area contributed by atoms with Gasteiger partial charge in [-0.05, 0) is 24.8 Å². The monoisotopic (exact) mass is 295 g/mol. The van der Waals surface area contributed by atoms with Gasteiger partial charge in [0.2, 0.25) is 0 Å². The highest BCUT2D eigenvalue weighted by molar-refractivity contribution is 5.79. The van der Waals surface area contributed by atoms with Crippen LogP contribution in [0.15, 0.2) is 23.5 Å². The number of ether oxygens (including phenoxy) is 1. The van der Waals surface area contributed by atoms with Crippen LogP contribution in [0.5, 0.6) is 0 Å². The van der Waals surface area contributed by atoms with E-state index in [-0.39, 0.29) is 0 Å². The molecule has 0 atom stereocenters. The summed E-state index contributed by atoms with van der Waals surface area (Å²) in [4.78, 5) is 4.20. The quantitative estimate of drug-likeness (QED) is 0.390. The van der Waals surface area contributed by atoms with Crippen molar-refractivity contribution in [3.8, 4) is 0 Å². The molecule has 1 aromatic heterocycles. The van der Waals surface area contributed by atoms with Crippen molar-refractivity contribution in [3.63, 3.8) is 0 Å². The summed E-state index contributed by atoms with van der Waals surface area (Å²) in [6.07, 6.45) is 5.78. The first-order valence-corrected chi connectivity index (χ1v) is 7.72. The van der Waals surface area contributed by atoms with E-state index in [1.807, 2.05) is 16.9 Å². The third kappa shape index (κ3) is 9.07. The van der Waals surface area contributed by atoms with Gasteiger partial charge in [-0.15, -0.1) is 0 Å².